The highest BCUT2D eigenvalue weighted by Crippen LogP contribution is 2.30. The summed E-state index contributed by atoms with van der Waals surface area (Å²) in [5, 5.41) is 7.48. The number of nitrogens with one attached hydrogen (secondary N) is 2. The molecule has 2 heterocycles. The van der Waals surface area contributed by atoms with Gasteiger partial charge in [-0.05, 0) is 6.07 Å². The Labute approximate surface area is 137 Å². The Balaban J connectivity index is 1.63. The molecule has 0 radical (unpaired) electrons. The number of nitrogens with zero attached hydrogens (tertiary/aromatic N) is 1. The third kappa shape index (κ3) is 3.64. The average molecular weight is 338 g/mol. The normalized spacial score (nSPS) is 18.1. The van der Waals surface area contributed by atoms with Crippen molar-refractivity contribution < 1.29 is 9.53 Å². The van der Waals surface area contributed by atoms with E-state index < -0.39 is 0 Å². The zero-order valence-electron chi connectivity index (χ0n) is 11.8. The van der Waals surface area contributed by atoms with Crippen molar-refractivity contribution in [3.8, 4) is 10.6 Å². The number of rotatable bonds is 4. The minimum Gasteiger partial charge on any atom is -0.374 e. The SMILES string of the molecule is O=C(NCC1CNCCO1)c1cnc(-c2ccccc2Cl)s1. The molecule has 1 saturated heterocycles. The molecule has 0 aliphatic carbocycles. The van der Waals surface area contributed by atoms with Crippen molar-refractivity contribution in [2.24, 2.45) is 0 Å². The number of hydrogen-bond acceptors (Lipinski definition) is 5. The summed E-state index contributed by atoms with van der Waals surface area (Å²) in [5.41, 5.74) is 0.841. The molecule has 3 rings (SSSR count). The van der Waals surface area contributed by atoms with Gasteiger partial charge >= 0.3 is 0 Å². The summed E-state index contributed by atoms with van der Waals surface area (Å²) in [6, 6.07) is 7.47. The van der Waals surface area contributed by atoms with Crippen molar-refractivity contribution in [2.75, 3.05) is 26.2 Å². The number of carbonyl (C=O) groups is 1. The van der Waals surface area contributed by atoms with Gasteiger partial charge in [0.2, 0.25) is 0 Å². The lowest BCUT2D eigenvalue weighted by Crippen LogP contribution is -2.45. The van der Waals surface area contributed by atoms with Gasteiger partial charge in [-0.25, -0.2) is 4.98 Å². The molecular formula is C15H16ClN3O2S. The second kappa shape index (κ2) is 7.19. The van der Waals surface area contributed by atoms with E-state index in [2.05, 4.69) is 15.6 Å². The summed E-state index contributed by atoms with van der Waals surface area (Å²) in [6.07, 6.45) is 1.60. The fraction of sp³-hybridized carbons (Fsp3) is 0.333. The van der Waals surface area contributed by atoms with Gasteiger partial charge in [0.15, 0.2) is 0 Å². The highest BCUT2D eigenvalue weighted by atomic mass is 35.5. The van der Waals surface area contributed by atoms with Crippen LogP contribution in [0.1, 0.15) is 9.67 Å². The standard InChI is InChI=1S/C15H16ClN3O2S/c16-12-4-2-1-3-11(12)15-19-9-13(22-15)14(20)18-8-10-7-17-5-6-21-10/h1-4,9-10,17H,5-8H2,(H,18,20). The Kier molecular flexibility index (Phi) is 5.04. The third-order valence-electron chi connectivity index (χ3n) is 3.33. The van der Waals surface area contributed by atoms with Crippen LogP contribution in [0.5, 0.6) is 0 Å². The minimum absolute atomic E-state index is 0.0219. The number of amides is 1. The van der Waals surface area contributed by atoms with Gasteiger partial charge in [0.1, 0.15) is 9.88 Å². The Bertz CT molecular complexity index is 656. The smallest absolute Gasteiger partial charge is 0.263 e. The van der Waals surface area contributed by atoms with Crippen molar-refractivity contribution in [3.05, 3.63) is 40.4 Å². The lowest BCUT2D eigenvalue weighted by Gasteiger charge is -2.23. The molecule has 22 heavy (non-hydrogen) atoms. The van der Waals surface area contributed by atoms with Crippen LogP contribution in [0.25, 0.3) is 10.6 Å². The van der Waals surface area contributed by atoms with E-state index in [9.17, 15) is 4.79 Å². The van der Waals surface area contributed by atoms with Crippen LogP contribution < -0.4 is 10.6 Å². The van der Waals surface area contributed by atoms with Gasteiger partial charge in [0, 0.05) is 25.2 Å². The van der Waals surface area contributed by atoms with E-state index in [4.69, 9.17) is 16.3 Å². The summed E-state index contributed by atoms with van der Waals surface area (Å²) in [4.78, 5) is 17.0. The number of ether oxygens (including phenoxy) is 1. The van der Waals surface area contributed by atoms with Crippen molar-refractivity contribution in [2.45, 2.75) is 6.10 Å². The maximum atomic E-state index is 12.2. The lowest BCUT2D eigenvalue weighted by molar-refractivity contribution is 0.0287. The largest absolute Gasteiger partial charge is 0.374 e. The number of aromatic nitrogens is 1. The van der Waals surface area contributed by atoms with Crippen LogP contribution >= 0.6 is 22.9 Å². The van der Waals surface area contributed by atoms with Crippen molar-refractivity contribution in [3.63, 3.8) is 0 Å². The van der Waals surface area contributed by atoms with E-state index in [1.165, 1.54) is 11.3 Å². The van der Waals surface area contributed by atoms with Crippen LogP contribution in [0, 0.1) is 0 Å². The molecule has 5 nitrogen and oxygen atoms in total. The Hall–Kier alpha value is -1.47. The zero-order valence-corrected chi connectivity index (χ0v) is 13.4. The number of carbonyl (C=O) groups excluding carboxylic acids is 1. The van der Waals surface area contributed by atoms with Crippen LogP contribution in [-0.4, -0.2) is 43.2 Å². The quantitative estimate of drug-likeness (QED) is 0.897. The monoisotopic (exact) mass is 337 g/mol. The second-order valence-corrected chi connectivity index (χ2v) is 6.35. The number of halogens is 1. The molecule has 1 atom stereocenters. The van der Waals surface area contributed by atoms with Crippen LogP contribution in [0.3, 0.4) is 0 Å². The van der Waals surface area contributed by atoms with Gasteiger partial charge < -0.3 is 15.4 Å². The zero-order chi connectivity index (χ0) is 15.4. The predicted octanol–water partition coefficient (Wildman–Crippen LogP) is 2.18. The summed E-state index contributed by atoms with van der Waals surface area (Å²) in [5.74, 6) is -0.134. The highest BCUT2D eigenvalue weighted by Gasteiger charge is 2.17. The summed E-state index contributed by atoms with van der Waals surface area (Å²) in [7, 11) is 0. The molecule has 1 aromatic heterocycles. The van der Waals surface area contributed by atoms with Gasteiger partial charge in [-0.1, -0.05) is 29.8 Å². The first-order valence-electron chi connectivity index (χ1n) is 7.05. The first-order chi connectivity index (χ1) is 10.7. The van der Waals surface area contributed by atoms with Gasteiger partial charge in [-0.3, -0.25) is 4.79 Å². The second-order valence-electron chi connectivity index (χ2n) is 4.92. The molecule has 0 saturated carbocycles. The van der Waals surface area contributed by atoms with E-state index in [1.807, 2.05) is 24.3 Å². The molecule has 0 spiro atoms. The molecule has 1 aliphatic heterocycles. The molecular weight excluding hydrogens is 322 g/mol. The molecule has 1 amide bonds. The molecule has 1 fully saturated rings. The lowest BCUT2D eigenvalue weighted by atomic mass is 10.2. The summed E-state index contributed by atoms with van der Waals surface area (Å²) < 4.78 is 5.55. The molecule has 1 aromatic carbocycles. The fourth-order valence-corrected chi connectivity index (χ4v) is 3.34. The molecule has 7 heteroatoms. The topological polar surface area (TPSA) is 63.2 Å². The van der Waals surface area contributed by atoms with Gasteiger partial charge in [-0.2, -0.15) is 0 Å². The van der Waals surface area contributed by atoms with Crippen LogP contribution in [-0.2, 0) is 4.74 Å². The Morgan fingerprint density at radius 1 is 1.50 bits per heavy atom. The van der Waals surface area contributed by atoms with Gasteiger partial charge in [0.05, 0.1) is 23.9 Å². The maximum absolute atomic E-state index is 12.2. The van der Waals surface area contributed by atoms with Crippen LogP contribution in [0.15, 0.2) is 30.5 Å². The Morgan fingerprint density at radius 3 is 3.14 bits per heavy atom. The number of hydrogen-bond donors (Lipinski definition) is 2. The molecule has 1 aliphatic rings. The first-order valence-corrected chi connectivity index (χ1v) is 8.25. The van der Waals surface area contributed by atoms with Crippen molar-refractivity contribution in [1.82, 2.24) is 15.6 Å². The van der Waals surface area contributed by atoms with Crippen LogP contribution in [0.2, 0.25) is 5.02 Å². The molecule has 0 bridgehead atoms. The van der Waals surface area contributed by atoms with Crippen LogP contribution in [0.4, 0.5) is 0 Å². The molecule has 2 N–H and O–H groups in total. The number of morpholine rings is 1. The maximum Gasteiger partial charge on any atom is 0.263 e. The third-order valence-corrected chi connectivity index (χ3v) is 4.69. The summed E-state index contributed by atoms with van der Waals surface area (Å²) in [6.45, 7) is 2.79. The molecule has 116 valence electrons. The van der Waals surface area contributed by atoms with E-state index in [0.717, 1.165) is 23.7 Å². The minimum atomic E-state index is -0.134. The first kappa shape index (κ1) is 15.4. The number of thiazole rings is 1. The van der Waals surface area contributed by atoms with Gasteiger partial charge in [0.25, 0.3) is 5.91 Å². The van der Waals surface area contributed by atoms with Crippen molar-refractivity contribution in [1.29, 1.82) is 0 Å². The highest BCUT2D eigenvalue weighted by molar-refractivity contribution is 7.17. The van der Waals surface area contributed by atoms with Crippen molar-refractivity contribution >= 4 is 28.8 Å². The van der Waals surface area contributed by atoms with E-state index >= 15 is 0 Å². The number of benzene rings is 1. The summed E-state index contributed by atoms with van der Waals surface area (Å²) >= 11 is 7.48. The van der Waals surface area contributed by atoms with Gasteiger partial charge in [-0.15, -0.1) is 11.3 Å². The van der Waals surface area contributed by atoms with E-state index in [1.54, 1.807) is 6.20 Å². The molecule has 1 unspecified atom stereocenters. The van der Waals surface area contributed by atoms with E-state index in [0.29, 0.717) is 23.1 Å². The fourth-order valence-electron chi connectivity index (χ4n) is 2.18. The average Bonchev–Trinajstić information content (AvgIpc) is 3.04. The Morgan fingerprint density at radius 2 is 2.36 bits per heavy atom. The predicted molar refractivity (Wildman–Crippen MR) is 87.5 cm³/mol. The molecule has 2 aromatic rings. The van der Waals surface area contributed by atoms with E-state index in [-0.39, 0.29) is 12.0 Å².